The summed E-state index contributed by atoms with van der Waals surface area (Å²) in [5.74, 6) is 0.243. The smallest absolute Gasteiger partial charge is 0.267 e. The van der Waals surface area contributed by atoms with Gasteiger partial charge in [-0.2, -0.15) is 5.10 Å². The number of hydrogen-bond donors (Lipinski definition) is 1. The molecule has 0 aromatic carbocycles. The van der Waals surface area contributed by atoms with Gasteiger partial charge in [0.2, 0.25) is 0 Å². The van der Waals surface area contributed by atoms with Gasteiger partial charge in [0.25, 0.3) is 5.91 Å². The van der Waals surface area contributed by atoms with Crippen LogP contribution in [0.15, 0.2) is 41.8 Å². The molecule has 4 nitrogen and oxygen atoms in total. The molecular weight excluding hydrogens is 214 g/mol. The summed E-state index contributed by atoms with van der Waals surface area (Å²) in [4.78, 5) is 15.5. The first-order chi connectivity index (χ1) is 8.36. The summed E-state index contributed by atoms with van der Waals surface area (Å²) in [6.45, 7) is 0. The van der Waals surface area contributed by atoms with Gasteiger partial charge in [-0.15, -0.1) is 0 Å². The summed E-state index contributed by atoms with van der Waals surface area (Å²) < 4.78 is 0. The predicted octanol–water partition coefficient (Wildman–Crippen LogP) is 2.15. The Morgan fingerprint density at radius 1 is 1.41 bits per heavy atom. The fourth-order valence-corrected chi connectivity index (χ4v) is 1.72. The second kappa shape index (κ2) is 5.94. The fraction of sp³-hybridized carbons (Fsp3) is 0.308. The molecule has 0 radical (unpaired) electrons. The maximum absolute atomic E-state index is 11.6. The fourth-order valence-electron chi connectivity index (χ4n) is 1.72. The molecule has 17 heavy (non-hydrogen) atoms. The van der Waals surface area contributed by atoms with E-state index in [1.165, 1.54) is 0 Å². The molecule has 0 spiro atoms. The van der Waals surface area contributed by atoms with Gasteiger partial charge < -0.3 is 0 Å². The van der Waals surface area contributed by atoms with Crippen LogP contribution < -0.4 is 5.43 Å². The van der Waals surface area contributed by atoms with Crippen LogP contribution in [0.3, 0.4) is 0 Å². The van der Waals surface area contributed by atoms with Crippen LogP contribution in [-0.2, 0) is 0 Å². The molecule has 1 N–H and O–H groups in total. The van der Waals surface area contributed by atoms with Crippen LogP contribution in [0.1, 0.15) is 29.6 Å². The number of carbonyl (C=O) groups is 1. The van der Waals surface area contributed by atoms with Gasteiger partial charge in [0, 0.05) is 24.2 Å². The molecule has 1 atom stereocenters. The topological polar surface area (TPSA) is 54.4 Å². The lowest BCUT2D eigenvalue weighted by atomic mass is 9.96. The Kier molecular flexibility index (Phi) is 4.02. The van der Waals surface area contributed by atoms with Crippen LogP contribution >= 0.6 is 0 Å². The zero-order chi connectivity index (χ0) is 11.9. The zero-order valence-electron chi connectivity index (χ0n) is 9.54. The lowest BCUT2D eigenvalue weighted by Gasteiger charge is -2.11. The Labute approximate surface area is 100 Å². The van der Waals surface area contributed by atoms with Crippen LogP contribution in [0.25, 0.3) is 0 Å². The molecular formula is C13H15N3O. The highest BCUT2D eigenvalue weighted by Crippen LogP contribution is 2.15. The Balaban J connectivity index is 1.84. The van der Waals surface area contributed by atoms with E-state index in [2.05, 4.69) is 27.7 Å². The molecule has 0 bridgehead atoms. The first-order valence-corrected chi connectivity index (χ1v) is 5.75. The quantitative estimate of drug-likeness (QED) is 0.490. The average Bonchev–Trinajstić information content (AvgIpc) is 2.41. The van der Waals surface area contributed by atoms with Crippen LogP contribution in [0.5, 0.6) is 0 Å². The predicted molar refractivity (Wildman–Crippen MR) is 66.7 cm³/mol. The number of rotatable bonds is 3. The van der Waals surface area contributed by atoms with E-state index < -0.39 is 0 Å². The molecule has 0 saturated carbocycles. The summed E-state index contributed by atoms with van der Waals surface area (Å²) in [5, 5.41) is 3.99. The van der Waals surface area contributed by atoms with Crippen molar-refractivity contribution in [3.05, 3.63) is 42.2 Å². The number of amides is 1. The summed E-state index contributed by atoms with van der Waals surface area (Å²) in [6, 6.07) is 3.32. The van der Waals surface area contributed by atoms with Gasteiger partial charge in [-0.3, -0.25) is 9.78 Å². The van der Waals surface area contributed by atoms with Crippen molar-refractivity contribution < 1.29 is 4.79 Å². The van der Waals surface area contributed by atoms with Crippen molar-refractivity contribution in [2.45, 2.75) is 19.3 Å². The minimum atomic E-state index is -0.199. The average molecular weight is 229 g/mol. The minimum Gasteiger partial charge on any atom is -0.267 e. The highest BCUT2D eigenvalue weighted by atomic mass is 16.2. The zero-order valence-corrected chi connectivity index (χ0v) is 9.54. The number of aromatic nitrogens is 1. The Morgan fingerprint density at radius 2 is 2.24 bits per heavy atom. The van der Waals surface area contributed by atoms with Gasteiger partial charge in [0.1, 0.15) is 0 Å². The Hall–Kier alpha value is -1.97. The normalized spacial score (nSPS) is 19.4. The van der Waals surface area contributed by atoms with Crippen LogP contribution in [-0.4, -0.2) is 17.1 Å². The standard InChI is InChI=1S/C13H15N3O/c17-13(12-6-8-14-9-7-12)16-15-10-11-4-2-1-3-5-11/h1-2,6-11H,3-5H2,(H,16,17). The Bertz CT molecular complexity index is 426. The first kappa shape index (κ1) is 11.5. The van der Waals surface area contributed by atoms with E-state index in [1.807, 2.05) is 6.21 Å². The van der Waals surface area contributed by atoms with Gasteiger partial charge in [-0.1, -0.05) is 12.2 Å². The molecule has 2 rings (SSSR count). The molecule has 1 heterocycles. The Morgan fingerprint density at radius 3 is 2.94 bits per heavy atom. The monoisotopic (exact) mass is 229 g/mol. The van der Waals surface area contributed by atoms with Gasteiger partial charge in [0.15, 0.2) is 0 Å². The number of nitrogens with one attached hydrogen (secondary N) is 1. The number of pyridine rings is 1. The molecule has 1 aromatic rings. The summed E-state index contributed by atoms with van der Waals surface area (Å²) in [6.07, 6.45) is 12.5. The lowest BCUT2D eigenvalue weighted by molar-refractivity contribution is 0.0955. The maximum Gasteiger partial charge on any atom is 0.271 e. The third-order valence-electron chi connectivity index (χ3n) is 2.70. The second-order valence-electron chi connectivity index (χ2n) is 4.00. The van der Waals surface area contributed by atoms with Gasteiger partial charge >= 0.3 is 0 Å². The van der Waals surface area contributed by atoms with Crippen molar-refractivity contribution in [3.8, 4) is 0 Å². The molecule has 88 valence electrons. The third kappa shape index (κ3) is 3.52. The van der Waals surface area contributed by atoms with Crippen LogP contribution in [0.2, 0.25) is 0 Å². The number of hydrogen-bond acceptors (Lipinski definition) is 3. The number of allylic oxidation sites excluding steroid dienone is 2. The van der Waals surface area contributed by atoms with E-state index in [4.69, 9.17) is 0 Å². The molecule has 0 aliphatic heterocycles. The molecule has 1 aromatic heterocycles. The minimum absolute atomic E-state index is 0.199. The summed E-state index contributed by atoms with van der Waals surface area (Å²) in [7, 11) is 0. The maximum atomic E-state index is 11.6. The summed E-state index contributed by atoms with van der Waals surface area (Å²) >= 11 is 0. The molecule has 0 fully saturated rings. The first-order valence-electron chi connectivity index (χ1n) is 5.75. The van der Waals surface area contributed by atoms with Crippen molar-refractivity contribution in [3.63, 3.8) is 0 Å². The number of nitrogens with zero attached hydrogens (tertiary/aromatic N) is 2. The van der Waals surface area contributed by atoms with E-state index in [0.29, 0.717) is 11.5 Å². The molecule has 1 aliphatic carbocycles. The van der Waals surface area contributed by atoms with E-state index in [1.54, 1.807) is 24.5 Å². The van der Waals surface area contributed by atoms with Crippen molar-refractivity contribution in [1.29, 1.82) is 0 Å². The van der Waals surface area contributed by atoms with Gasteiger partial charge in [-0.05, 0) is 37.3 Å². The van der Waals surface area contributed by atoms with Crippen molar-refractivity contribution in [2.24, 2.45) is 11.0 Å². The van der Waals surface area contributed by atoms with E-state index in [9.17, 15) is 4.79 Å². The van der Waals surface area contributed by atoms with Gasteiger partial charge in [-0.25, -0.2) is 5.43 Å². The SMILES string of the molecule is O=C(NN=CC1CC=CCC1)c1ccncc1. The summed E-state index contributed by atoms with van der Waals surface area (Å²) in [5.41, 5.74) is 3.09. The largest absolute Gasteiger partial charge is 0.271 e. The van der Waals surface area contributed by atoms with Gasteiger partial charge in [0.05, 0.1) is 0 Å². The number of hydrazone groups is 1. The van der Waals surface area contributed by atoms with E-state index >= 15 is 0 Å². The molecule has 1 aliphatic rings. The molecule has 0 saturated heterocycles. The third-order valence-corrected chi connectivity index (χ3v) is 2.70. The van der Waals surface area contributed by atoms with Crippen LogP contribution in [0.4, 0.5) is 0 Å². The van der Waals surface area contributed by atoms with E-state index in [0.717, 1.165) is 19.3 Å². The molecule has 4 heteroatoms. The van der Waals surface area contributed by atoms with Crippen molar-refractivity contribution in [1.82, 2.24) is 10.4 Å². The van der Waals surface area contributed by atoms with Crippen LogP contribution in [0, 0.1) is 5.92 Å². The number of carbonyl (C=O) groups excluding carboxylic acids is 1. The highest BCUT2D eigenvalue weighted by Gasteiger charge is 2.07. The van der Waals surface area contributed by atoms with Crippen molar-refractivity contribution in [2.75, 3.05) is 0 Å². The van der Waals surface area contributed by atoms with E-state index in [-0.39, 0.29) is 5.91 Å². The highest BCUT2D eigenvalue weighted by molar-refractivity contribution is 5.94. The molecule has 1 amide bonds. The second-order valence-corrected chi connectivity index (χ2v) is 4.00. The van der Waals surface area contributed by atoms with Crippen molar-refractivity contribution >= 4 is 12.1 Å². The lowest BCUT2D eigenvalue weighted by Crippen LogP contribution is -2.18. The molecule has 1 unspecified atom stereocenters.